The second-order valence-corrected chi connectivity index (χ2v) is 9.60. The number of thioether (sulfide) groups is 1. The summed E-state index contributed by atoms with van der Waals surface area (Å²) in [6.07, 6.45) is 1.81. The molecule has 1 amide bonds. The largest absolute Gasteiger partial charge is 0.490 e. The van der Waals surface area contributed by atoms with Crippen LogP contribution in [0.4, 0.5) is 5.69 Å². The molecule has 1 aliphatic rings. The fraction of sp³-hybridized carbons (Fsp3) is 0.207. The Labute approximate surface area is 231 Å². The minimum atomic E-state index is -0.444. The maximum atomic E-state index is 13.1. The zero-order chi connectivity index (χ0) is 27.1. The zero-order valence-corrected chi connectivity index (χ0v) is 22.8. The third-order valence-corrected chi connectivity index (χ3v) is 6.83. The fourth-order valence-corrected chi connectivity index (χ4v) is 4.88. The Morgan fingerprint density at radius 2 is 1.82 bits per heavy atom. The molecule has 3 aromatic rings. The Morgan fingerprint density at radius 1 is 1.03 bits per heavy atom. The van der Waals surface area contributed by atoms with Crippen molar-refractivity contribution < 1.29 is 23.8 Å². The lowest BCUT2D eigenvalue weighted by Crippen LogP contribution is -2.28. The van der Waals surface area contributed by atoms with E-state index in [0.29, 0.717) is 57.6 Å². The van der Waals surface area contributed by atoms with Gasteiger partial charge < -0.3 is 14.2 Å². The summed E-state index contributed by atoms with van der Waals surface area (Å²) in [5.74, 6) is 0.617. The van der Waals surface area contributed by atoms with E-state index in [1.807, 2.05) is 62.4 Å². The number of amides is 1. The molecule has 1 aliphatic heterocycles. The molecule has 0 bridgehead atoms. The minimum Gasteiger partial charge on any atom is -0.490 e. The number of carbonyl (C=O) groups excluding carboxylic acids is 2. The molecule has 0 atom stereocenters. The van der Waals surface area contributed by atoms with Crippen LogP contribution in [0, 0.1) is 0 Å². The van der Waals surface area contributed by atoms with Gasteiger partial charge in [0.05, 0.1) is 29.9 Å². The highest BCUT2D eigenvalue weighted by atomic mass is 35.5. The number of methoxy groups -OCH3 is 1. The van der Waals surface area contributed by atoms with Gasteiger partial charge in [-0.1, -0.05) is 35.9 Å². The number of carbonyl (C=O) groups is 2. The highest BCUT2D eigenvalue weighted by Crippen LogP contribution is 2.36. The summed E-state index contributed by atoms with van der Waals surface area (Å²) in [5.41, 5.74) is 2.74. The normalized spacial score (nSPS) is 15.3. The van der Waals surface area contributed by atoms with Crippen molar-refractivity contribution >= 4 is 52.2 Å². The summed E-state index contributed by atoms with van der Waals surface area (Å²) in [6, 6.07) is 19.8. The van der Waals surface area contributed by atoms with Crippen molar-refractivity contribution in [3.63, 3.8) is 0 Å². The van der Waals surface area contributed by atoms with E-state index in [2.05, 4.69) is 4.99 Å². The van der Waals surface area contributed by atoms with Gasteiger partial charge in [-0.25, -0.2) is 9.79 Å². The summed E-state index contributed by atoms with van der Waals surface area (Å²) in [6.45, 7) is 5.09. The molecule has 0 aliphatic carbocycles. The van der Waals surface area contributed by atoms with Crippen LogP contribution in [0.3, 0.4) is 0 Å². The van der Waals surface area contributed by atoms with E-state index < -0.39 is 5.97 Å². The second-order valence-electron chi connectivity index (χ2n) is 8.15. The average molecular weight is 551 g/mol. The van der Waals surface area contributed by atoms with E-state index in [-0.39, 0.29) is 5.91 Å². The molecule has 9 heteroatoms. The Morgan fingerprint density at radius 3 is 2.53 bits per heavy atom. The lowest BCUT2D eigenvalue weighted by Gasteiger charge is -2.13. The predicted molar refractivity (Wildman–Crippen MR) is 151 cm³/mol. The maximum absolute atomic E-state index is 13.1. The topological polar surface area (TPSA) is 77.4 Å². The summed E-state index contributed by atoms with van der Waals surface area (Å²) < 4.78 is 16.6. The number of likely N-dealkylation sites (N-methyl/N-ethyl adjacent to an activating group) is 1. The Hall–Kier alpha value is -3.75. The molecule has 0 aromatic heterocycles. The van der Waals surface area contributed by atoms with Crippen molar-refractivity contribution in [3.8, 4) is 11.5 Å². The van der Waals surface area contributed by atoms with Gasteiger partial charge in [-0.05, 0) is 85.3 Å². The van der Waals surface area contributed by atoms with Gasteiger partial charge >= 0.3 is 5.97 Å². The van der Waals surface area contributed by atoms with Gasteiger partial charge in [0.2, 0.25) is 0 Å². The number of rotatable bonds is 9. The van der Waals surface area contributed by atoms with Crippen LogP contribution in [-0.2, 0) is 16.1 Å². The van der Waals surface area contributed by atoms with E-state index in [0.717, 1.165) is 11.1 Å². The van der Waals surface area contributed by atoms with E-state index in [9.17, 15) is 9.59 Å². The molecule has 4 rings (SSSR count). The standard InChI is InChI=1S/C29H27ClN2O5S/c1-4-32-27(33)26(38-29(32)31-23-8-6-7-21(17-23)28(34)35-3)16-20-11-14-24(25(15-20)36-5-2)37-18-19-9-12-22(30)13-10-19/h6-17H,4-5,18H2,1-3H3. The number of esters is 1. The molecule has 0 saturated carbocycles. The first-order valence-corrected chi connectivity index (χ1v) is 13.2. The monoisotopic (exact) mass is 550 g/mol. The van der Waals surface area contributed by atoms with Gasteiger partial charge in [0.25, 0.3) is 5.91 Å². The summed E-state index contributed by atoms with van der Waals surface area (Å²) in [7, 11) is 1.33. The van der Waals surface area contributed by atoms with Crippen LogP contribution in [0.1, 0.15) is 35.3 Å². The van der Waals surface area contributed by atoms with E-state index in [4.69, 9.17) is 25.8 Å². The molecule has 0 radical (unpaired) electrons. The van der Waals surface area contributed by atoms with Crippen molar-refractivity contribution in [2.24, 2.45) is 4.99 Å². The SMILES string of the molecule is CCOc1cc(C=C2SC(=Nc3cccc(C(=O)OC)c3)N(CC)C2=O)ccc1OCc1ccc(Cl)cc1. The molecule has 196 valence electrons. The van der Waals surface area contributed by atoms with Crippen LogP contribution >= 0.6 is 23.4 Å². The third kappa shape index (κ3) is 6.57. The smallest absolute Gasteiger partial charge is 0.337 e. The van der Waals surface area contributed by atoms with Crippen molar-refractivity contribution in [1.82, 2.24) is 4.90 Å². The molecule has 0 spiro atoms. The molecule has 0 N–H and O–H groups in total. The van der Waals surface area contributed by atoms with Crippen LogP contribution in [0.5, 0.6) is 11.5 Å². The summed E-state index contributed by atoms with van der Waals surface area (Å²) in [5, 5.41) is 1.21. The predicted octanol–water partition coefficient (Wildman–Crippen LogP) is 6.73. The quantitative estimate of drug-likeness (QED) is 0.217. The number of aliphatic imine (C=N–C) groups is 1. The molecule has 3 aromatic carbocycles. The summed E-state index contributed by atoms with van der Waals surface area (Å²) in [4.78, 5) is 31.8. The fourth-order valence-electron chi connectivity index (χ4n) is 3.70. The number of halogens is 1. The summed E-state index contributed by atoms with van der Waals surface area (Å²) >= 11 is 7.25. The number of benzene rings is 3. The first-order valence-electron chi connectivity index (χ1n) is 12.0. The lowest BCUT2D eigenvalue weighted by atomic mass is 10.1. The van der Waals surface area contributed by atoms with Gasteiger partial charge in [0.15, 0.2) is 16.7 Å². The van der Waals surface area contributed by atoms with Crippen molar-refractivity contribution in [2.45, 2.75) is 20.5 Å². The van der Waals surface area contributed by atoms with Gasteiger partial charge in [-0.3, -0.25) is 9.69 Å². The average Bonchev–Trinajstić information content (AvgIpc) is 3.22. The number of ether oxygens (including phenoxy) is 3. The maximum Gasteiger partial charge on any atom is 0.337 e. The van der Waals surface area contributed by atoms with E-state index >= 15 is 0 Å². The number of hydrogen-bond donors (Lipinski definition) is 0. The molecular formula is C29H27ClN2O5S. The first kappa shape index (κ1) is 27.3. The highest BCUT2D eigenvalue weighted by Gasteiger charge is 2.32. The second kappa shape index (κ2) is 12.7. The van der Waals surface area contributed by atoms with Gasteiger partial charge in [-0.2, -0.15) is 0 Å². The van der Waals surface area contributed by atoms with Crippen LogP contribution in [0.15, 0.2) is 76.6 Å². The van der Waals surface area contributed by atoms with Crippen molar-refractivity contribution in [3.05, 3.63) is 93.3 Å². The number of nitrogens with zero attached hydrogens (tertiary/aromatic N) is 2. The molecule has 7 nitrogen and oxygen atoms in total. The van der Waals surface area contributed by atoms with Gasteiger partial charge in [-0.15, -0.1) is 0 Å². The van der Waals surface area contributed by atoms with Gasteiger partial charge in [0, 0.05) is 11.6 Å². The zero-order valence-electron chi connectivity index (χ0n) is 21.3. The van der Waals surface area contributed by atoms with Crippen molar-refractivity contribution in [1.29, 1.82) is 0 Å². The molecular weight excluding hydrogens is 524 g/mol. The Kier molecular flexibility index (Phi) is 9.10. The Bertz CT molecular complexity index is 1390. The molecule has 38 heavy (non-hydrogen) atoms. The lowest BCUT2D eigenvalue weighted by molar-refractivity contribution is -0.122. The Balaban J connectivity index is 1.56. The molecule has 0 unspecified atom stereocenters. The van der Waals surface area contributed by atoms with Crippen LogP contribution in [-0.4, -0.2) is 42.2 Å². The first-order chi connectivity index (χ1) is 18.4. The number of hydrogen-bond acceptors (Lipinski definition) is 7. The van der Waals surface area contributed by atoms with E-state index in [1.54, 1.807) is 29.2 Å². The van der Waals surface area contributed by atoms with Gasteiger partial charge in [0.1, 0.15) is 6.61 Å². The van der Waals surface area contributed by atoms with E-state index in [1.165, 1.54) is 18.9 Å². The minimum absolute atomic E-state index is 0.138. The molecule has 1 saturated heterocycles. The van der Waals surface area contributed by atoms with Crippen LogP contribution in [0.2, 0.25) is 5.02 Å². The van der Waals surface area contributed by atoms with Crippen LogP contribution in [0.25, 0.3) is 6.08 Å². The number of amidine groups is 1. The molecule has 1 heterocycles. The van der Waals surface area contributed by atoms with Crippen molar-refractivity contribution in [2.75, 3.05) is 20.3 Å². The van der Waals surface area contributed by atoms with Crippen LogP contribution < -0.4 is 9.47 Å². The third-order valence-electron chi connectivity index (χ3n) is 5.57. The molecule has 1 fully saturated rings. The highest BCUT2D eigenvalue weighted by molar-refractivity contribution is 8.18.